The summed E-state index contributed by atoms with van der Waals surface area (Å²) < 4.78 is 0. The number of aliphatic hydroxyl groups excluding tert-OH is 1. The molecule has 5 rings (SSSR count). The highest BCUT2D eigenvalue weighted by molar-refractivity contribution is 5.82. The van der Waals surface area contributed by atoms with Crippen LogP contribution in [0.3, 0.4) is 0 Å². The van der Waals surface area contributed by atoms with Crippen LogP contribution in [0.25, 0.3) is 0 Å². The predicted octanol–water partition coefficient (Wildman–Crippen LogP) is 7.43. The molecule has 0 amide bonds. The van der Waals surface area contributed by atoms with Crippen molar-refractivity contribution in [2.75, 3.05) is 0 Å². The van der Waals surface area contributed by atoms with Crippen molar-refractivity contribution >= 4 is 5.78 Å². The van der Waals surface area contributed by atoms with Gasteiger partial charge in [0.25, 0.3) is 0 Å². The molecule has 0 radical (unpaired) electrons. The largest absolute Gasteiger partial charge is 0.393 e. The molecular formula is C30H50O2. The number of rotatable bonds is 0. The zero-order chi connectivity index (χ0) is 23.5. The second kappa shape index (κ2) is 6.64. The normalized spacial score (nSPS) is 59.4. The van der Waals surface area contributed by atoms with Crippen molar-refractivity contribution in [1.82, 2.24) is 0 Å². The third-order valence-electron chi connectivity index (χ3n) is 13.9. The molecule has 0 bridgehead atoms. The first-order valence-electron chi connectivity index (χ1n) is 13.8. The van der Waals surface area contributed by atoms with Gasteiger partial charge in [-0.1, -0.05) is 55.4 Å². The van der Waals surface area contributed by atoms with Gasteiger partial charge in [0.1, 0.15) is 5.78 Å². The Morgan fingerprint density at radius 1 is 0.719 bits per heavy atom. The quantitative estimate of drug-likeness (QED) is 0.423. The molecule has 0 saturated heterocycles. The van der Waals surface area contributed by atoms with Crippen LogP contribution in [0.4, 0.5) is 0 Å². The van der Waals surface area contributed by atoms with Crippen molar-refractivity contribution in [1.29, 1.82) is 0 Å². The van der Waals surface area contributed by atoms with E-state index >= 15 is 0 Å². The van der Waals surface area contributed by atoms with E-state index in [1.165, 1.54) is 44.9 Å². The fourth-order valence-electron chi connectivity index (χ4n) is 11.2. The van der Waals surface area contributed by atoms with Crippen molar-refractivity contribution in [3.63, 3.8) is 0 Å². The molecule has 2 nitrogen and oxygen atoms in total. The van der Waals surface area contributed by atoms with Gasteiger partial charge in [0.15, 0.2) is 0 Å². The summed E-state index contributed by atoms with van der Waals surface area (Å²) in [6.07, 6.45) is 11.7. The Morgan fingerprint density at radius 3 is 2.03 bits per heavy atom. The van der Waals surface area contributed by atoms with Crippen molar-refractivity contribution in [2.24, 2.45) is 56.2 Å². The van der Waals surface area contributed by atoms with Gasteiger partial charge in [0.2, 0.25) is 0 Å². The predicted molar refractivity (Wildman–Crippen MR) is 131 cm³/mol. The molecule has 5 fully saturated rings. The monoisotopic (exact) mass is 442 g/mol. The van der Waals surface area contributed by atoms with Gasteiger partial charge >= 0.3 is 0 Å². The van der Waals surface area contributed by atoms with Crippen LogP contribution in [-0.4, -0.2) is 17.0 Å². The molecule has 5 aliphatic rings. The smallest absolute Gasteiger partial charge is 0.136 e. The fourth-order valence-corrected chi connectivity index (χ4v) is 11.2. The Labute approximate surface area is 197 Å². The van der Waals surface area contributed by atoms with E-state index in [1.54, 1.807) is 0 Å². The van der Waals surface area contributed by atoms with Gasteiger partial charge in [-0.3, -0.25) is 4.79 Å². The van der Waals surface area contributed by atoms with Gasteiger partial charge in [0.05, 0.1) is 6.10 Å². The van der Waals surface area contributed by atoms with E-state index in [2.05, 4.69) is 55.4 Å². The lowest BCUT2D eigenvalue weighted by molar-refractivity contribution is -0.264. The molecule has 0 aromatic heterocycles. The molecule has 0 heterocycles. The minimum Gasteiger partial charge on any atom is -0.393 e. The summed E-state index contributed by atoms with van der Waals surface area (Å²) in [7, 11) is 0. The number of fused-ring (bicyclic) bond motifs is 7. The maximum absolute atomic E-state index is 12.7. The summed E-state index contributed by atoms with van der Waals surface area (Å²) in [5.74, 6) is 2.92. The summed E-state index contributed by atoms with van der Waals surface area (Å²) >= 11 is 0. The first-order valence-corrected chi connectivity index (χ1v) is 13.8. The lowest BCUT2D eigenvalue weighted by atomic mass is 9.30. The molecule has 0 unspecified atom stereocenters. The summed E-state index contributed by atoms with van der Waals surface area (Å²) in [5.41, 5.74) is 1.60. The number of carbonyl (C=O) groups excluding carboxylic acids is 1. The number of aliphatic hydroxyl groups is 1. The third-order valence-corrected chi connectivity index (χ3v) is 13.9. The minimum atomic E-state index is -0.165. The number of Topliss-reactive ketones (excluding diaryl/α,β-unsaturated/α-hetero) is 1. The van der Waals surface area contributed by atoms with Crippen LogP contribution in [0.15, 0.2) is 0 Å². The van der Waals surface area contributed by atoms with Crippen LogP contribution in [0.1, 0.15) is 120 Å². The molecule has 32 heavy (non-hydrogen) atoms. The molecular weight excluding hydrogens is 392 g/mol. The molecule has 10 atom stereocenters. The Balaban J connectivity index is 1.54. The highest BCUT2D eigenvalue weighted by Crippen LogP contribution is 2.78. The maximum atomic E-state index is 12.7. The Bertz CT molecular complexity index is 816. The Hall–Kier alpha value is -0.370. The lowest BCUT2D eigenvalue weighted by Gasteiger charge is -2.75. The van der Waals surface area contributed by atoms with E-state index in [0.29, 0.717) is 33.9 Å². The van der Waals surface area contributed by atoms with E-state index in [1.807, 2.05) is 0 Å². The van der Waals surface area contributed by atoms with Gasteiger partial charge in [-0.25, -0.2) is 0 Å². The van der Waals surface area contributed by atoms with Crippen LogP contribution in [0.2, 0.25) is 0 Å². The first kappa shape index (κ1) is 23.4. The molecule has 0 aromatic rings. The van der Waals surface area contributed by atoms with Crippen LogP contribution in [-0.2, 0) is 4.79 Å². The highest BCUT2D eigenvalue weighted by Gasteiger charge is 2.71. The van der Waals surface area contributed by atoms with E-state index < -0.39 is 0 Å². The second-order valence-corrected chi connectivity index (χ2v) is 15.3. The van der Waals surface area contributed by atoms with Crippen molar-refractivity contribution in [3.8, 4) is 0 Å². The minimum absolute atomic E-state index is 0.0243. The summed E-state index contributed by atoms with van der Waals surface area (Å²) in [4.78, 5) is 12.7. The zero-order valence-electron chi connectivity index (χ0n) is 22.3. The molecule has 0 spiro atoms. The van der Waals surface area contributed by atoms with Gasteiger partial charge in [-0.05, 0) is 108 Å². The van der Waals surface area contributed by atoms with E-state index in [-0.39, 0.29) is 28.3 Å². The van der Waals surface area contributed by atoms with Gasteiger partial charge < -0.3 is 5.11 Å². The van der Waals surface area contributed by atoms with Crippen molar-refractivity contribution < 1.29 is 9.90 Å². The molecule has 0 aliphatic heterocycles. The fraction of sp³-hybridized carbons (Fsp3) is 0.967. The van der Waals surface area contributed by atoms with Crippen molar-refractivity contribution in [3.05, 3.63) is 0 Å². The molecule has 182 valence electrons. The standard InChI is InChI=1S/C30H50O2/c1-19-20(31)9-10-21-27(19,5)12-11-22-28(21,6)14-16-30(8)23-17-25(2,3)24(32)18-26(23,4)13-15-29(22,30)7/h19,21-24,32H,9-18H2,1-8H3/t19-,21+,22+,23+,24+,26-,27-,28-,29+,30-/m0/s1. The Morgan fingerprint density at radius 2 is 1.34 bits per heavy atom. The molecule has 0 aromatic carbocycles. The van der Waals surface area contributed by atoms with Crippen LogP contribution >= 0.6 is 0 Å². The van der Waals surface area contributed by atoms with Gasteiger partial charge in [-0.15, -0.1) is 0 Å². The number of ketones is 1. The average Bonchev–Trinajstić information content (AvgIpc) is 2.70. The number of carbonyl (C=O) groups is 1. The van der Waals surface area contributed by atoms with Crippen LogP contribution < -0.4 is 0 Å². The molecule has 2 heteroatoms. The van der Waals surface area contributed by atoms with Gasteiger partial charge in [0, 0.05) is 12.3 Å². The number of hydrogen-bond acceptors (Lipinski definition) is 2. The maximum Gasteiger partial charge on any atom is 0.136 e. The third kappa shape index (κ3) is 2.66. The molecule has 5 aliphatic carbocycles. The van der Waals surface area contributed by atoms with Crippen molar-refractivity contribution in [2.45, 2.75) is 126 Å². The summed E-state index contributed by atoms with van der Waals surface area (Å²) in [5, 5.41) is 11.0. The van der Waals surface area contributed by atoms with E-state index in [0.717, 1.165) is 25.2 Å². The topological polar surface area (TPSA) is 37.3 Å². The van der Waals surface area contributed by atoms with E-state index in [9.17, 15) is 9.90 Å². The number of hydrogen-bond donors (Lipinski definition) is 1. The van der Waals surface area contributed by atoms with Gasteiger partial charge in [-0.2, -0.15) is 0 Å². The van der Waals surface area contributed by atoms with Crippen LogP contribution in [0, 0.1) is 56.2 Å². The summed E-state index contributed by atoms with van der Waals surface area (Å²) in [6, 6.07) is 0. The molecule has 1 N–H and O–H groups in total. The summed E-state index contributed by atoms with van der Waals surface area (Å²) in [6.45, 7) is 19.9. The second-order valence-electron chi connectivity index (χ2n) is 15.3. The zero-order valence-corrected chi connectivity index (χ0v) is 22.3. The SMILES string of the molecule is C[C@H]1C(=O)CC[C@H]2[C@]3(C)CC[C@@]4(C)[C@@H]5CC(C)(C)[C@H](O)C[C@]5(C)CC[C@]4(C)[C@@H]3CC[C@]21C. The van der Waals surface area contributed by atoms with E-state index in [4.69, 9.17) is 0 Å². The average molecular weight is 443 g/mol. The molecule has 5 saturated carbocycles. The van der Waals surface area contributed by atoms with Crippen LogP contribution in [0.5, 0.6) is 0 Å². The highest BCUT2D eigenvalue weighted by atomic mass is 16.3. The Kier molecular flexibility index (Phi) is 4.85. The first-order chi connectivity index (χ1) is 14.6. The lowest BCUT2D eigenvalue weighted by Crippen LogP contribution is -2.68.